The lowest BCUT2D eigenvalue weighted by atomic mass is 10.1. The molecule has 2 rings (SSSR count). The van der Waals surface area contributed by atoms with E-state index in [4.69, 9.17) is 4.74 Å². The fourth-order valence-electron chi connectivity index (χ4n) is 1.86. The van der Waals surface area contributed by atoms with E-state index in [9.17, 15) is 0 Å². The van der Waals surface area contributed by atoms with E-state index in [2.05, 4.69) is 35.4 Å². The van der Waals surface area contributed by atoms with Crippen molar-refractivity contribution in [2.24, 2.45) is 0 Å². The molecule has 0 fully saturated rings. The van der Waals surface area contributed by atoms with Crippen LogP contribution >= 0.6 is 11.3 Å². The summed E-state index contributed by atoms with van der Waals surface area (Å²) >= 11 is 1.66. The molecule has 102 valence electrons. The minimum absolute atomic E-state index is 0.265. The number of nitrogens with one attached hydrogen (secondary N) is 1. The van der Waals surface area contributed by atoms with Crippen molar-refractivity contribution in [3.05, 3.63) is 39.8 Å². The Morgan fingerprint density at radius 3 is 2.95 bits per heavy atom. The molecule has 0 aliphatic rings. The second kappa shape index (κ2) is 6.63. The molecular weight excluding hydrogens is 258 g/mol. The normalized spacial score (nSPS) is 12.4. The van der Waals surface area contributed by atoms with Gasteiger partial charge < -0.3 is 10.1 Å². The molecule has 1 heterocycles. The molecule has 19 heavy (non-hydrogen) atoms. The predicted molar refractivity (Wildman–Crippen MR) is 77.8 cm³/mol. The third-order valence-corrected chi connectivity index (χ3v) is 3.96. The first kappa shape index (κ1) is 14.0. The Balaban J connectivity index is 2.06. The Bertz CT molecular complexity index is 527. The average Bonchev–Trinajstić information content (AvgIpc) is 2.88. The first-order valence-corrected chi connectivity index (χ1v) is 7.23. The third-order valence-electron chi connectivity index (χ3n) is 2.85. The van der Waals surface area contributed by atoms with Gasteiger partial charge in [-0.3, -0.25) is 0 Å². The summed E-state index contributed by atoms with van der Waals surface area (Å²) in [5.41, 5.74) is 1.19. The van der Waals surface area contributed by atoms with Gasteiger partial charge in [-0.15, -0.1) is 10.2 Å². The van der Waals surface area contributed by atoms with E-state index in [1.165, 1.54) is 5.56 Å². The molecule has 0 spiro atoms. The summed E-state index contributed by atoms with van der Waals surface area (Å²) in [7, 11) is 1.68. The van der Waals surface area contributed by atoms with Gasteiger partial charge in [-0.05, 0) is 31.2 Å². The van der Waals surface area contributed by atoms with Gasteiger partial charge in [-0.1, -0.05) is 30.4 Å². The van der Waals surface area contributed by atoms with E-state index in [-0.39, 0.29) is 6.04 Å². The number of aromatic nitrogens is 2. The van der Waals surface area contributed by atoms with Crippen molar-refractivity contribution in [1.82, 2.24) is 15.5 Å². The van der Waals surface area contributed by atoms with E-state index < -0.39 is 0 Å². The van der Waals surface area contributed by atoms with E-state index in [1.54, 1.807) is 18.4 Å². The number of ether oxygens (including phenoxy) is 1. The summed E-state index contributed by atoms with van der Waals surface area (Å²) in [5.74, 6) is 0.878. The first-order valence-electron chi connectivity index (χ1n) is 6.41. The van der Waals surface area contributed by atoms with Crippen molar-refractivity contribution in [1.29, 1.82) is 0 Å². The molecule has 0 saturated carbocycles. The molecule has 4 nitrogen and oxygen atoms in total. The molecule has 0 aliphatic heterocycles. The summed E-state index contributed by atoms with van der Waals surface area (Å²) in [6.07, 6.45) is 0.799. The van der Waals surface area contributed by atoms with E-state index >= 15 is 0 Å². The summed E-state index contributed by atoms with van der Waals surface area (Å²) < 4.78 is 5.23. The number of hydrogen-bond donors (Lipinski definition) is 1. The second-order valence-electron chi connectivity index (χ2n) is 4.34. The minimum Gasteiger partial charge on any atom is -0.497 e. The molecule has 5 heteroatoms. The molecule has 0 bridgehead atoms. The highest BCUT2D eigenvalue weighted by Gasteiger charge is 2.11. The van der Waals surface area contributed by atoms with Crippen LogP contribution in [0.1, 0.15) is 35.5 Å². The molecule has 1 unspecified atom stereocenters. The Labute approximate surface area is 117 Å². The van der Waals surface area contributed by atoms with Crippen LogP contribution in [-0.4, -0.2) is 23.9 Å². The standard InChI is InChI=1S/C14H19N3OS/c1-4-15-10(2)14-17-16-13(19-14)9-11-6-5-7-12(8-11)18-3/h5-8,10,15H,4,9H2,1-3H3. The quantitative estimate of drug-likeness (QED) is 0.882. The lowest BCUT2D eigenvalue weighted by Crippen LogP contribution is -2.17. The van der Waals surface area contributed by atoms with Crippen LogP contribution in [0.2, 0.25) is 0 Å². The van der Waals surface area contributed by atoms with E-state index in [0.717, 1.165) is 28.7 Å². The van der Waals surface area contributed by atoms with E-state index in [1.807, 2.05) is 18.2 Å². The predicted octanol–water partition coefficient (Wildman–Crippen LogP) is 2.81. The molecule has 0 saturated heterocycles. The van der Waals surface area contributed by atoms with Crippen molar-refractivity contribution < 1.29 is 4.74 Å². The maximum Gasteiger partial charge on any atom is 0.134 e. The molecule has 0 radical (unpaired) electrons. The van der Waals surface area contributed by atoms with Crippen molar-refractivity contribution in [2.45, 2.75) is 26.3 Å². The third kappa shape index (κ3) is 3.75. The fourth-order valence-corrected chi connectivity index (χ4v) is 2.77. The van der Waals surface area contributed by atoms with Crippen LogP contribution in [0, 0.1) is 0 Å². The highest BCUT2D eigenvalue weighted by molar-refractivity contribution is 7.11. The Hall–Kier alpha value is -1.46. The van der Waals surface area contributed by atoms with Crippen LogP contribution in [0.15, 0.2) is 24.3 Å². The first-order chi connectivity index (χ1) is 9.22. The Morgan fingerprint density at radius 2 is 2.21 bits per heavy atom. The van der Waals surface area contributed by atoms with Crippen LogP contribution in [0.5, 0.6) is 5.75 Å². The number of hydrogen-bond acceptors (Lipinski definition) is 5. The molecule has 2 aromatic rings. The van der Waals surface area contributed by atoms with Crippen LogP contribution in [0.25, 0.3) is 0 Å². The van der Waals surface area contributed by atoms with Gasteiger partial charge in [0.2, 0.25) is 0 Å². The van der Waals surface area contributed by atoms with Crippen LogP contribution < -0.4 is 10.1 Å². The molecule has 1 N–H and O–H groups in total. The van der Waals surface area contributed by atoms with Gasteiger partial charge in [0.25, 0.3) is 0 Å². The van der Waals surface area contributed by atoms with Gasteiger partial charge in [-0.25, -0.2) is 0 Å². The zero-order valence-electron chi connectivity index (χ0n) is 11.5. The Morgan fingerprint density at radius 1 is 1.37 bits per heavy atom. The molecule has 0 amide bonds. The number of benzene rings is 1. The highest BCUT2D eigenvalue weighted by atomic mass is 32.1. The fraction of sp³-hybridized carbons (Fsp3) is 0.429. The second-order valence-corrected chi connectivity index (χ2v) is 5.44. The van der Waals surface area contributed by atoms with Crippen LogP contribution in [0.3, 0.4) is 0 Å². The largest absolute Gasteiger partial charge is 0.497 e. The lowest BCUT2D eigenvalue weighted by Gasteiger charge is -2.06. The zero-order valence-corrected chi connectivity index (χ0v) is 12.3. The maximum atomic E-state index is 5.23. The molecular formula is C14H19N3OS. The SMILES string of the molecule is CCNC(C)c1nnc(Cc2cccc(OC)c2)s1. The van der Waals surface area contributed by atoms with Gasteiger partial charge in [0.1, 0.15) is 15.8 Å². The van der Waals surface area contributed by atoms with Crippen LogP contribution in [-0.2, 0) is 6.42 Å². The van der Waals surface area contributed by atoms with Gasteiger partial charge in [0, 0.05) is 6.42 Å². The van der Waals surface area contributed by atoms with Crippen molar-refractivity contribution in [2.75, 3.05) is 13.7 Å². The van der Waals surface area contributed by atoms with Gasteiger partial charge >= 0.3 is 0 Å². The highest BCUT2D eigenvalue weighted by Crippen LogP contribution is 2.21. The van der Waals surface area contributed by atoms with Gasteiger partial charge in [0.05, 0.1) is 13.2 Å². The molecule has 1 aromatic carbocycles. The van der Waals surface area contributed by atoms with Crippen molar-refractivity contribution >= 4 is 11.3 Å². The molecule has 1 aromatic heterocycles. The summed E-state index contributed by atoms with van der Waals surface area (Å²) in [6, 6.07) is 8.33. The van der Waals surface area contributed by atoms with Crippen LogP contribution in [0.4, 0.5) is 0 Å². The minimum atomic E-state index is 0.265. The van der Waals surface area contributed by atoms with Gasteiger partial charge in [-0.2, -0.15) is 0 Å². The summed E-state index contributed by atoms with van der Waals surface area (Å²) in [4.78, 5) is 0. The van der Waals surface area contributed by atoms with E-state index in [0.29, 0.717) is 0 Å². The van der Waals surface area contributed by atoms with Crippen molar-refractivity contribution in [3.8, 4) is 5.75 Å². The zero-order chi connectivity index (χ0) is 13.7. The topological polar surface area (TPSA) is 47.0 Å². The average molecular weight is 277 g/mol. The smallest absolute Gasteiger partial charge is 0.134 e. The summed E-state index contributed by atoms with van der Waals surface area (Å²) in [6.45, 7) is 5.14. The number of nitrogens with zero attached hydrogens (tertiary/aromatic N) is 2. The monoisotopic (exact) mass is 277 g/mol. The van der Waals surface area contributed by atoms with Crippen molar-refractivity contribution in [3.63, 3.8) is 0 Å². The Kier molecular flexibility index (Phi) is 4.87. The summed E-state index contributed by atoms with van der Waals surface area (Å²) in [5, 5.41) is 13.9. The molecule has 0 aliphatic carbocycles. The maximum absolute atomic E-state index is 5.23. The van der Waals surface area contributed by atoms with Gasteiger partial charge in [0.15, 0.2) is 0 Å². The molecule has 1 atom stereocenters. The number of methoxy groups -OCH3 is 1. The lowest BCUT2D eigenvalue weighted by molar-refractivity contribution is 0.414. The number of rotatable bonds is 6.